The Balaban J connectivity index is 1.80. The Morgan fingerprint density at radius 3 is 2.54 bits per heavy atom. The number of aliphatic hydroxyl groups is 1. The van der Waals surface area contributed by atoms with Gasteiger partial charge in [0.05, 0.1) is 13.2 Å². The first-order valence-corrected chi connectivity index (χ1v) is 8.14. The number of ether oxygens (including phenoxy) is 1. The number of carbonyl (C=O) groups is 1. The van der Waals surface area contributed by atoms with Crippen LogP contribution in [0.2, 0.25) is 0 Å². The molecule has 4 nitrogen and oxygen atoms in total. The first-order chi connectivity index (χ1) is 11.5. The average Bonchev–Trinajstić information content (AvgIpc) is 2.57. The second-order valence-corrected chi connectivity index (χ2v) is 6.05. The highest BCUT2D eigenvalue weighted by atomic mass is 16.5. The Morgan fingerprint density at radius 2 is 1.88 bits per heavy atom. The molecule has 0 spiro atoms. The van der Waals surface area contributed by atoms with Gasteiger partial charge >= 0.3 is 0 Å². The van der Waals surface area contributed by atoms with Crippen LogP contribution in [0.15, 0.2) is 42.5 Å². The van der Waals surface area contributed by atoms with Crippen molar-refractivity contribution in [3.8, 4) is 5.75 Å². The van der Waals surface area contributed by atoms with Crippen LogP contribution >= 0.6 is 0 Å². The van der Waals surface area contributed by atoms with Gasteiger partial charge in [0.2, 0.25) is 0 Å². The largest absolute Gasteiger partial charge is 0.497 e. The van der Waals surface area contributed by atoms with E-state index in [9.17, 15) is 9.90 Å². The molecule has 0 fully saturated rings. The zero-order valence-corrected chi connectivity index (χ0v) is 14.5. The monoisotopic (exact) mass is 327 g/mol. The summed E-state index contributed by atoms with van der Waals surface area (Å²) in [5, 5.41) is 13.4. The summed E-state index contributed by atoms with van der Waals surface area (Å²) in [7, 11) is 1.58. The summed E-state index contributed by atoms with van der Waals surface area (Å²) in [6, 6.07) is 13.2. The van der Waals surface area contributed by atoms with Crippen LogP contribution in [-0.4, -0.2) is 31.1 Å². The lowest BCUT2D eigenvalue weighted by atomic mass is 10.0. The summed E-state index contributed by atoms with van der Waals surface area (Å²) in [4.78, 5) is 12.2. The number of nitrogens with one attached hydrogen (secondary N) is 1. The number of Topliss-reactive ketones (excluding diaryl/α,β-unsaturated/α-hetero) is 1. The van der Waals surface area contributed by atoms with Gasteiger partial charge < -0.3 is 15.2 Å². The van der Waals surface area contributed by atoms with Crippen molar-refractivity contribution in [1.82, 2.24) is 5.32 Å². The summed E-state index contributed by atoms with van der Waals surface area (Å²) in [5.74, 6) is 0.737. The van der Waals surface area contributed by atoms with E-state index in [4.69, 9.17) is 4.74 Å². The van der Waals surface area contributed by atoms with Gasteiger partial charge in [-0.1, -0.05) is 41.5 Å². The first-order valence-electron chi connectivity index (χ1n) is 8.14. The molecule has 0 bridgehead atoms. The third-order valence-corrected chi connectivity index (χ3v) is 3.89. The highest BCUT2D eigenvalue weighted by Crippen LogP contribution is 2.16. The second-order valence-electron chi connectivity index (χ2n) is 6.05. The van der Waals surface area contributed by atoms with Crippen LogP contribution in [-0.2, 0) is 0 Å². The molecular formula is C20H25NO3. The number of rotatable bonds is 8. The molecule has 2 aromatic rings. The number of carbonyl (C=O) groups excluding carboxylic acids is 1. The Hall–Kier alpha value is -2.17. The molecule has 1 unspecified atom stereocenters. The molecule has 0 aliphatic heterocycles. The van der Waals surface area contributed by atoms with Crippen LogP contribution in [0.5, 0.6) is 5.75 Å². The number of ketones is 1. The van der Waals surface area contributed by atoms with E-state index < -0.39 is 6.10 Å². The Kier molecular flexibility index (Phi) is 6.53. The van der Waals surface area contributed by atoms with Gasteiger partial charge in [-0.2, -0.15) is 0 Å². The van der Waals surface area contributed by atoms with Gasteiger partial charge in [0.1, 0.15) is 5.75 Å². The SMILES string of the molecule is COc1cccc(C(=O)CCNCC(O)c2cc(C)cc(C)c2)c1. The quantitative estimate of drug-likeness (QED) is 0.577. The van der Waals surface area contributed by atoms with Gasteiger partial charge in [0.15, 0.2) is 5.78 Å². The van der Waals surface area contributed by atoms with Crippen LogP contribution < -0.4 is 10.1 Å². The lowest BCUT2D eigenvalue weighted by molar-refractivity contribution is 0.0979. The summed E-state index contributed by atoms with van der Waals surface area (Å²) in [6.07, 6.45) is -0.192. The van der Waals surface area contributed by atoms with Gasteiger partial charge in [0, 0.05) is 25.1 Å². The zero-order chi connectivity index (χ0) is 17.5. The van der Waals surface area contributed by atoms with Crippen molar-refractivity contribution in [2.45, 2.75) is 26.4 Å². The molecule has 128 valence electrons. The molecule has 0 radical (unpaired) electrons. The highest BCUT2D eigenvalue weighted by molar-refractivity contribution is 5.96. The average molecular weight is 327 g/mol. The molecule has 1 atom stereocenters. The van der Waals surface area contributed by atoms with E-state index in [0.29, 0.717) is 30.8 Å². The summed E-state index contributed by atoms with van der Waals surface area (Å²) < 4.78 is 5.13. The fraction of sp³-hybridized carbons (Fsp3) is 0.350. The summed E-state index contributed by atoms with van der Waals surface area (Å²) in [5.41, 5.74) is 3.82. The smallest absolute Gasteiger partial charge is 0.164 e. The molecular weight excluding hydrogens is 302 g/mol. The van der Waals surface area contributed by atoms with Crippen molar-refractivity contribution >= 4 is 5.78 Å². The van der Waals surface area contributed by atoms with Crippen molar-refractivity contribution in [3.05, 3.63) is 64.7 Å². The minimum Gasteiger partial charge on any atom is -0.497 e. The van der Waals surface area contributed by atoms with Crippen molar-refractivity contribution in [2.24, 2.45) is 0 Å². The van der Waals surface area contributed by atoms with Crippen LogP contribution in [0.4, 0.5) is 0 Å². The van der Waals surface area contributed by atoms with Gasteiger partial charge in [-0.15, -0.1) is 0 Å². The van der Waals surface area contributed by atoms with Crippen molar-refractivity contribution in [2.75, 3.05) is 20.2 Å². The first kappa shape index (κ1) is 18.2. The third kappa shape index (κ3) is 5.18. The minimum atomic E-state index is -0.574. The Labute approximate surface area is 143 Å². The van der Waals surface area contributed by atoms with Crippen LogP contribution in [0.1, 0.15) is 39.6 Å². The van der Waals surface area contributed by atoms with E-state index in [0.717, 1.165) is 16.7 Å². The predicted molar refractivity (Wildman–Crippen MR) is 95.7 cm³/mol. The van der Waals surface area contributed by atoms with Crippen molar-refractivity contribution in [1.29, 1.82) is 0 Å². The number of hydrogen-bond donors (Lipinski definition) is 2. The van der Waals surface area contributed by atoms with Crippen molar-refractivity contribution < 1.29 is 14.6 Å². The van der Waals surface area contributed by atoms with E-state index in [1.807, 2.05) is 38.1 Å². The molecule has 2 N–H and O–H groups in total. The predicted octanol–water partition coefficient (Wildman–Crippen LogP) is 3.21. The van der Waals surface area contributed by atoms with Crippen molar-refractivity contribution in [3.63, 3.8) is 0 Å². The van der Waals surface area contributed by atoms with Crippen LogP contribution in [0, 0.1) is 13.8 Å². The second kappa shape index (κ2) is 8.62. The molecule has 2 rings (SSSR count). The molecule has 0 heterocycles. The molecule has 0 aliphatic carbocycles. The molecule has 0 aromatic heterocycles. The fourth-order valence-corrected chi connectivity index (χ4v) is 2.70. The fourth-order valence-electron chi connectivity index (χ4n) is 2.70. The Morgan fingerprint density at radius 1 is 1.17 bits per heavy atom. The number of benzene rings is 2. The molecule has 0 amide bonds. The topological polar surface area (TPSA) is 58.6 Å². The molecule has 4 heteroatoms. The number of hydrogen-bond acceptors (Lipinski definition) is 4. The molecule has 0 aliphatic rings. The van der Waals surface area contributed by atoms with E-state index >= 15 is 0 Å². The number of aryl methyl sites for hydroxylation is 2. The van der Waals surface area contributed by atoms with Gasteiger partial charge in [0.25, 0.3) is 0 Å². The zero-order valence-electron chi connectivity index (χ0n) is 14.5. The normalized spacial score (nSPS) is 12.0. The Bertz CT molecular complexity index is 677. The van der Waals surface area contributed by atoms with Gasteiger partial charge in [-0.3, -0.25) is 4.79 Å². The minimum absolute atomic E-state index is 0.0577. The maximum absolute atomic E-state index is 12.2. The standard InChI is InChI=1S/C20H25NO3/c1-14-9-15(2)11-17(10-14)20(23)13-21-8-7-19(22)16-5-4-6-18(12-16)24-3/h4-6,9-12,20-21,23H,7-8,13H2,1-3H3. The summed E-state index contributed by atoms with van der Waals surface area (Å²) in [6.45, 7) is 4.99. The maximum atomic E-state index is 12.2. The lowest BCUT2D eigenvalue weighted by Crippen LogP contribution is -2.24. The van der Waals surface area contributed by atoms with E-state index in [-0.39, 0.29) is 5.78 Å². The van der Waals surface area contributed by atoms with Gasteiger partial charge in [-0.25, -0.2) is 0 Å². The third-order valence-electron chi connectivity index (χ3n) is 3.89. The maximum Gasteiger partial charge on any atom is 0.164 e. The molecule has 2 aromatic carbocycles. The number of aliphatic hydroxyl groups excluding tert-OH is 1. The van der Waals surface area contributed by atoms with E-state index in [1.54, 1.807) is 19.2 Å². The lowest BCUT2D eigenvalue weighted by Gasteiger charge is -2.13. The molecule has 0 saturated heterocycles. The van der Waals surface area contributed by atoms with Gasteiger partial charge in [-0.05, 0) is 31.5 Å². The highest BCUT2D eigenvalue weighted by Gasteiger charge is 2.10. The summed E-state index contributed by atoms with van der Waals surface area (Å²) >= 11 is 0. The van der Waals surface area contributed by atoms with E-state index in [2.05, 4.69) is 11.4 Å². The van der Waals surface area contributed by atoms with Crippen LogP contribution in [0.25, 0.3) is 0 Å². The molecule has 24 heavy (non-hydrogen) atoms. The number of methoxy groups -OCH3 is 1. The van der Waals surface area contributed by atoms with E-state index in [1.165, 1.54) is 0 Å². The molecule has 0 saturated carbocycles. The van der Waals surface area contributed by atoms with Crippen LogP contribution in [0.3, 0.4) is 0 Å².